The summed E-state index contributed by atoms with van der Waals surface area (Å²) in [5.41, 5.74) is 3.17. The predicted molar refractivity (Wildman–Crippen MR) is 98.7 cm³/mol. The molecule has 3 aromatic rings. The van der Waals surface area contributed by atoms with Gasteiger partial charge in [0.15, 0.2) is 0 Å². The van der Waals surface area contributed by atoms with Crippen molar-refractivity contribution in [2.75, 3.05) is 6.73 Å². The molecule has 4 rings (SSSR count). The van der Waals surface area contributed by atoms with Crippen LogP contribution in [0.15, 0.2) is 57.7 Å². The van der Waals surface area contributed by atoms with E-state index < -0.39 is 0 Å². The van der Waals surface area contributed by atoms with Crippen LogP contribution >= 0.6 is 0 Å². The van der Waals surface area contributed by atoms with E-state index in [-0.39, 0.29) is 5.63 Å². The summed E-state index contributed by atoms with van der Waals surface area (Å²) in [5.74, 6) is 0.806. The third kappa shape index (κ3) is 2.83. The fourth-order valence-electron chi connectivity index (χ4n) is 3.35. The minimum Gasteiger partial charge on any atom is -0.478 e. The number of nitrogens with zero attached hydrogens (tertiary/aromatic N) is 1. The number of hydrogen-bond acceptors (Lipinski definition) is 4. The summed E-state index contributed by atoms with van der Waals surface area (Å²) in [4.78, 5) is 14.5. The highest BCUT2D eigenvalue weighted by Crippen LogP contribution is 2.36. The van der Waals surface area contributed by atoms with Crippen molar-refractivity contribution >= 4 is 11.0 Å². The van der Waals surface area contributed by atoms with Crippen LogP contribution in [-0.2, 0) is 6.54 Å². The largest absolute Gasteiger partial charge is 0.478 e. The van der Waals surface area contributed by atoms with Crippen molar-refractivity contribution in [1.82, 2.24) is 4.90 Å². The zero-order valence-corrected chi connectivity index (χ0v) is 14.5. The van der Waals surface area contributed by atoms with Gasteiger partial charge in [0, 0.05) is 24.0 Å². The van der Waals surface area contributed by atoms with Gasteiger partial charge < -0.3 is 9.15 Å². The summed E-state index contributed by atoms with van der Waals surface area (Å²) < 4.78 is 11.5. The highest BCUT2D eigenvalue weighted by Gasteiger charge is 2.24. The molecule has 1 atom stereocenters. The molecule has 2 aromatic carbocycles. The summed E-state index contributed by atoms with van der Waals surface area (Å²) in [5, 5.41) is 0.944. The molecule has 2 heterocycles. The molecular formula is C21H21NO3. The third-order valence-corrected chi connectivity index (χ3v) is 5.02. The van der Waals surface area contributed by atoms with Crippen LogP contribution in [0.5, 0.6) is 5.75 Å². The second-order valence-corrected chi connectivity index (χ2v) is 6.54. The molecule has 0 saturated heterocycles. The van der Waals surface area contributed by atoms with E-state index in [0.29, 0.717) is 18.4 Å². The Bertz CT molecular complexity index is 962. The number of fused-ring (bicyclic) bond motifs is 3. The Morgan fingerprint density at radius 2 is 1.96 bits per heavy atom. The van der Waals surface area contributed by atoms with Gasteiger partial charge in [0.2, 0.25) is 0 Å². The monoisotopic (exact) mass is 335 g/mol. The SMILES string of the molecule is CCC(C)N1COc2ccc3c(-c4ccccc4)cc(=O)oc3c2C1. The average molecular weight is 335 g/mol. The second-order valence-electron chi connectivity index (χ2n) is 6.54. The predicted octanol–water partition coefficient (Wildman–Crippen LogP) is 4.41. The minimum atomic E-state index is -0.333. The van der Waals surface area contributed by atoms with Gasteiger partial charge in [-0.3, -0.25) is 4.90 Å². The van der Waals surface area contributed by atoms with Crippen molar-refractivity contribution in [2.45, 2.75) is 32.9 Å². The van der Waals surface area contributed by atoms with E-state index in [2.05, 4.69) is 18.7 Å². The normalized spacial score (nSPS) is 15.6. The molecule has 0 fully saturated rings. The van der Waals surface area contributed by atoms with Crippen LogP contribution in [0, 0.1) is 0 Å². The molecule has 1 unspecified atom stereocenters. The molecule has 0 saturated carbocycles. The lowest BCUT2D eigenvalue weighted by Gasteiger charge is -2.33. The number of ether oxygens (including phenoxy) is 1. The number of benzene rings is 2. The van der Waals surface area contributed by atoms with E-state index in [1.54, 1.807) is 6.07 Å². The van der Waals surface area contributed by atoms with Crippen LogP contribution in [0.3, 0.4) is 0 Å². The van der Waals surface area contributed by atoms with Crippen molar-refractivity contribution in [3.8, 4) is 16.9 Å². The Kier molecular flexibility index (Phi) is 4.06. The van der Waals surface area contributed by atoms with Gasteiger partial charge in [0.1, 0.15) is 18.1 Å². The van der Waals surface area contributed by atoms with Gasteiger partial charge in [-0.15, -0.1) is 0 Å². The zero-order valence-electron chi connectivity index (χ0n) is 14.5. The third-order valence-electron chi connectivity index (χ3n) is 5.02. The van der Waals surface area contributed by atoms with Gasteiger partial charge >= 0.3 is 5.63 Å². The molecule has 1 aliphatic rings. The highest BCUT2D eigenvalue weighted by atomic mass is 16.5. The topological polar surface area (TPSA) is 42.7 Å². The first kappa shape index (κ1) is 15.9. The molecule has 128 valence electrons. The summed E-state index contributed by atoms with van der Waals surface area (Å²) in [7, 11) is 0. The summed E-state index contributed by atoms with van der Waals surface area (Å²) in [6.45, 7) is 5.64. The first-order valence-electron chi connectivity index (χ1n) is 8.69. The van der Waals surface area contributed by atoms with Crippen molar-refractivity contribution in [2.24, 2.45) is 0 Å². The van der Waals surface area contributed by atoms with Crippen LogP contribution < -0.4 is 10.4 Å². The van der Waals surface area contributed by atoms with Gasteiger partial charge in [-0.1, -0.05) is 37.3 Å². The van der Waals surface area contributed by atoms with Gasteiger partial charge in [-0.2, -0.15) is 0 Å². The van der Waals surface area contributed by atoms with Crippen LogP contribution in [0.1, 0.15) is 25.8 Å². The molecule has 0 aliphatic carbocycles. The van der Waals surface area contributed by atoms with Crippen molar-refractivity contribution in [3.63, 3.8) is 0 Å². The van der Waals surface area contributed by atoms with Crippen LogP contribution in [0.4, 0.5) is 0 Å². The number of hydrogen-bond donors (Lipinski definition) is 0. The second kappa shape index (κ2) is 6.37. The first-order valence-corrected chi connectivity index (χ1v) is 8.69. The summed E-state index contributed by atoms with van der Waals surface area (Å²) in [6.07, 6.45) is 1.04. The van der Waals surface area contributed by atoms with E-state index in [1.807, 2.05) is 42.5 Å². The molecule has 0 N–H and O–H groups in total. The Balaban J connectivity index is 1.91. The first-order chi connectivity index (χ1) is 12.2. The maximum Gasteiger partial charge on any atom is 0.336 e. The molecule has 0 spiro atoms. The maximum atomic E-state index is 12.2. The maximum absolute atomic E-state index is 12.2. The molecule has 0 amide bonds. The lowest BCUT2D eigenvalue weighted by molar-refractivity contribution is 0.0610. The van der Waals surface area contributed by atoms with Crippen LogP contribution in [-0.4, -0.2) is 17.7 Å². The Morgan fingerprint density at radius 3 is 2.72 bits per heavy atom. The highest BCUT2D eigenvalue weighted by molar-refractivity contribution is 5.95. The van der Waals surface area contributed by atoms with Crippen LogP contribution in [0.25, 0.3) is 22.1 Å². The summed E-state index contributed by atoms with van der Waals surface area (Å²) in [6, 6.07) is 15.9. The van der Waals surface area contributed by atoms with Gasteiger partial charge in [0.25, 0.3) is 0 Å². The molecule has 4 nitrogen and oxygen atoms in total. The van der Waals surface area contributed by atoms with Gasteiger partial charge in [0.05, 0.1) is 5.56 Å². The fourth-order valence-corrected chi connectivity index (χ4v) is 3.35. The lowest BCUT2D eigenvalue weighted by Crippen LogP contribution is -2.38. The van der Waals surface area contributed by atoms with E-state index in [9.17, 15) is 4.79 Å². The smallest absolute Gasteiger partial charge is 0.336 e. The van der Waals surface area contributed by atoms with E-state index in [0.717, 1.165) is 40.8 Å². The van der Waals surface area contributed by atoms with E-state index >= 15 is 0 Å². The Labute approximate surface area is 146 Å². The van der Waals surface area contributed by atoms with E-state index in [1.165, 1.54) is 0 Å². The molecule has 1 aliphatic heterocycles. The number of rotatable bonds is 3. The fraction of sp³-hybridized carbons (Fsp3) is 0.286. The van der Waals surface area contributed by atoms with E-state index in [4.69, 9.17) is 9.15 Å². The van der Waals surface area contributed by atoms with Crippen molar-refractivity contribution < 1.29 is 9.15 Å². The standard InChI is InChI=1S/C21H21NO3/c1-3-14(2)22-12-18-19(24-13-22)10-9-16-17(11-20(23)25-21(16)18)15-7-5-4-6-8-15/h4-11,14H,3,12-13H2,1-2H3. The summed E-state index contributed by atoms with van der Waals surface area (Å²) >= 11 is 0. The van der Waals surface area contributed by atoms with Gasteiger partial charge in [-0.25, -0.2) is 4.79 Å². The molecule has 25 heavy (non-hydrogen) atoms. The van der Waals surface area contributed by atoms with Crippen molar-refractivity contribution in [3.05, 3.63) is 64.5 Å². The molecular weight excluding hydrogens is 314 g/mol. The van der Waals surface area contributed by atoms with Crippen molar-refractivity contribution in [1.29, 1.82) is 0 Å². The molecule has 4 heteroatoms. The average Bonchev–Trinajstić information content (AvgIpc) is 2.67. The molecule has 1 aromatic heterocycles. The Hall–Kier alpha value is -2.59. The van der Waals surface area contributed by atoms with Crippen LogP contribution in [0.2, 0.25) is 0 Å². The molecule has 0 bridgehead atoms. The lowest BCUT2D eigenvalue weighted by atomic mass is 9.99. The quantitative estimate of drug-likeness (QED) is 0.665. The zero-order chi connectivity index (χ0) is 17.4. The Morgan fingerprint density at radius 1 is 1.16 bits per heavy atom. The van der Waals surface area contributed by atoms with Gasteiger partial charge in [-0.05, 0) is 36.6 Å². The molecule has 0 radical (unpaired) electrons. The minimum absolute atomic E-state index is 0.333.